The monoisotopic (exact) mass is 420 g/mol. The van der Waals surface area contributed by atoms with Crippen molar-refractivity contribution in [3.05, 3.63) is 32.9 Å². The lowest BCUT2D eigenvalue weighted by molar-refractivity contribution is 0.0784. The predicted octanol–water partition coefficient (Wildman–Crippen LogP) is 3.79. The van der Waals surface area contributed by atoms with Gasteiger partial charge in [0.15, 0.2) is 0 Å². The van der Waals surface area contributed by atoms with E-state index in [1.807, 2.05) is 19.9 Å². The third-order valence-corrected chi connectivity index (χ3v) is 6.11. The Morgan fingerprint density at radius 2 is 1.96 bits per heavy atom. The van der Waals surface area contributed by atoms with Crippen LogP contribution in [0.2, 0.25) is 5.02 Å². The molecule has 2 aromatic rings. The summed E-state index contributed by atoms with van der Waals surface area (Å²) in [5.74, 6) is 1.06. The number of carbonyl (C=O) groups excluding carboxylic acids is 1. The summed E-state index contributed by atoms with van der Waals surface area (Å²) in [7, 11) is 0. The van der Waals surface area contributed by atoms with Crippen LogP contribution >= 0.6 is 48.2 Å². The molecule has 0 saturated carbocycles. The molecular weight excluding hydrogens is 400 g/mol. The number of hydrogen-bond donors (Lipinski definition) is 2. The molecule has 0 fully saturated rings. The lowest BCUT2D eigenvalue weighted by Gasteiger charge is -2.32. The number of hydrogen-bond acceptors (Lipinski definition) is 6. The fourth-order valence-corrected chi connectivity index (χ4v) is 3.93. The van der Waals surface area contributed by atoms with Gasteiger partial charge in [-0.2, -0.15) is 25.3 Å². The number of thiazole rings is 1. The van der Waals surface area contributed by atoms with E-state index in [0.29, 0.717) is 16.5 Å². The predicted molar refractivity (Wildman–Crippen MR) is 111 cm³/mol. The second-order valence-electron chi connectivity index (χ2n) is 5.72. The maximum absolute atomic E-state index is 12.4. The maximum atomic E-state index is 12.4. The first kappa shape index (κ1) is 20.5. The first-order valence-corrected chi connectivity index (χ1v) is 10.3. The molecule has 0 N–H and O–H groups in total. The van der Waals surface area contributed by atoms with Gasteiger partial charge in [-0.3, -0.25) is 9.36 Å². The van der Waals surface area contributed by atoms with E-state index in [-0.39, 0.29) is 30.1 Å². The van der Waals surface area contributed by atoms with E-state index in [1.54, 1.807) is 21.6 Å². The third-order valence-electron chi connectivity index (χ3n) is 3.86. The fraction of sp³-hybridized carbons (Fsp3) is 0.500. The number of amides is 1. The molecule has 138 valence electrons. The van der Waals surface area contributed by atoms with E-state index in [1.165, 1.54) is 0 Å². The first-order valence-electron chi connectivity index (χ1n) is 7.84. The lowest BCUT2D eigenvalue weighted by Crippen LogP contribution is -2.47. The Morgan fingerprint density at radius 1 is 1.32 bits per heavy atom. The van der Waals surface area contributed by atoms with Crippen molar-refractivity contribution in [3.63, 3.8) is 0 Å². The third kappa shape index (κ3) is 4.87. The summed E-state index contributed by atoms with van der Waals surface area (Å²) in [4.78, 5) is 26.1. The Morgan fingerprint density at radius 3 is 2.56 bits per heavy atom. The molecule has 2 atom stereocenters. The van der Waals surface area contributed by atoms with Crippen LogP contribution in [0.3, 0.4) is 0 Å². The molecule has 1 amide bonds. The molecule has 1 heterocycles. The molecule has 0 spiro atoms. The molecule has 9 heteroatoms. The Bertz CT molecular complexity index is 783. The maximum Gasteiger partial charge on any atom is 0.410 e. The minimum Gasteiger partial charge on any atom is -0.447 e. The van der Waals surface area contributed by atoms with Crippen LogP contribution in [0.25, 0.3) is 10.2 Å². The van der Waals surface area contributed by atoms with Crippen LogP contribution in [0.5, 0.6) is 0 Å². The van der Waals surface area contributed by atoms with Crippen LogP contribution in [-0.2, 0) is 11.3 Å². The van der Waals surface area contributed by atoms with Crippen LogP contribution in [-0.4, -0.2) is 45.8 Å². The molecule has 1 aromatic carbocycles. The van der Waals surface area contributed by atoms with Gasteiger partial charge in [-0.15, -0.1) is 0 Å². The summed E-state index contributed by atoms with van der Waals surface area (Å²) < 4.78 is 7.82. The largest absolute Gasteiger partial charge is 0.447 e. The van der Waals surface area contributed by atoms with Gasteiger partial charge in [0.1, 0.15) is 6.61 Å². The van der Waals surface area contributed by atoms with E-state index in [2.05, 4.69) is 25.3 Å². The second-order valence-corrected chi connectivity index (χ2v) is 7.88. The number of nitrogens with zero attached hydrogens (tertiary/aromatic N) is 2. The van der Waals surface area contributed by atoms with Crippen LogP contribution in [0, 0.1) is 0 Å². The number of benzene rings is 1. The Kier molecular flexibility index (Phi) is 7.54. The lowest BCUT2D eigenvalue weighted by atomic mass is 10.2. The van der Waals surface area contributed by atoms with E-state index in [0.717, 1.165) is 21.6 Å². The van der Waals surface area contributed by atoms with Crippen molar-refractivity contribution >= 4 is 64.5 Å². The Hall–Kier alpha value is -0.830. The summed E-state index contributed by atoms with van der Waals surface area (Å²) >= 11 is 15.7. The minimum atomic E-state index is -0.422. The molecule has 0 aliphatic rings. The highest BCUT2D eigenvalue weighted by Crippen LogP contribution is 2.21. The molecule has 0 radical (unpaired) electrons. The van der Waals surface area contributed by atoms with Gasteiger partial charge < -0.3 is 9.64 Å². The highest BCUT2D eigenvalue weighted by molar-refractivity contribution is 7.80. The van der Waals surface area contributed by atoms with Crippen molar-refractivity contribution in [2.24, 2.45) is 0 Å². The van der Waals surface area contributed by atoms with E-state index < -0.39 is 6.09 Å². The van der Waals surface area contributed by atoms with Gasteiger partial charge in [0.05, 0.1) is 16.8 Å². The zero-order valence-electron chi connectivity index (χ0n) is 14.0. The van der Waals surface area contributed by atoms with Crippen molar-refractivity contribution in [2.75, 3.05) is 18.1 Å². The number of aromatic nitrogens is 1. The number of halogens is 1. The molecule has 0 saturated heterocycles. The SMILES string of the molecule is CC(CS)N(C(=O)OCCn1c(=O)sc2ccc(Cl)cc21)C(C)CS. The minimum absolute atomic E-state index is 0.0681. The zero-order valence-corrected chi connectivity index (χ0v) is 17.4. The first-order chi connectivity index (χ1) is 11.9. The molecule has 25 heavy (non-hydrogen) atoms. The number of carbonyl (C=O) groups is 1. The van der Waals surface area contributed by atoms with E-state index in [4.69, 9.17) is 16.3 Å². The van der Waals surface area contributed by atoms with Crippen LogP contribution in [0.15, 0.2) is 23.0 Å². The van der Waals surface area contributed by atoms with Crippen molar-refractivity contribution in [1.29, 1.82) is 0 Å². The van der Waals surface area contributed by atoms with Gasteiger partial charge >= 0.3 is 11.0 Å². The Labute approximate surface area is 166 Å². The van der Waals surface area contributed by atoms with Crippen LogP contribution in [0.4, 0.5) is 4.79 Å². The second kappa shape index (κ2) is 9.21. The Balaban J connectivity index is 2.07. The highest BCUT2D eigenvalue weighted by Gasteiger charge is 2.25. The van der Waals surface area contributed by atoms with Gasteiger partial charge in [-0.1, -0.05) is 22.9 Å². The van der Waals surface area contributed by atoms with Gasteiger partial charge in [-0.25, -0.2) is 4.79 Å². The zero-order chi connectivity index (χ0) is 18.6. The normalized spacial score (nSPS) is 13.6. The standard InChI is InChI=1S/C16H21ClN2O3S3/c1-10(8-23)19(11(2)9-24)15(20)22-6-5-18-13-7-12(17)3-4-14(13)25-16(18)21/h3-4,7,10-11,23-24H,5-6,8-9H2,1-2H3. The molecule has 1 aromatic heterocycles. The molecule has 2 rings (SSSR count). The number of ether oxygens (including phenoxy) is 1. The summed E-state index contributed by atoms with van der Waals surface area (Å²) in [5.41, 5.74) is 0.753. The molecule has 2 unspecified atom stereocenters. The number of fused-ring (bicyclic) bond motifs is 1. The van der Waals surface area contributed by atoms with Crippen molar-refractivity contribution < 1.29 is 9.53 Å². The smallest absolute Gasteiger partial charge is 0.410 e. The van der Waals surface area contributed by atoms with Gasteiger partial charge in [0.25, 0.3) is 0 Å². The molecule has 5 nitrogen and oxygen atoms in total. The van der Waals surface area contributed by atoms with E-state index in [9.17, 15) is 9.59 Å². The van der Waals surface area contributed by atoms with Gasteiger partial charge in [0, 0.05) is 28.6 Å². The molecule has 0 bridgehead atoms. The van der Waals surface area contributed by atoms with Crippen molar-refractivity contribution in [2.45, 2.75) is 32.5 Å². The molecule has 0 aliphatic carbocycles. The molecular formula is C16H21ClN2O3S3. The average molecular weight is 421 g/mol. The quantitative estimate of drug-likeness (QED) is 0.670. The molecule has 0 aliphatic heterocycles. The van der Waals surface area contributed by atoms with Gasteiger partial charge in [-0.05, 0) is 32.0 Å². The van der Waals surface area contributed by atoms with Crippen molar-refractivity contribution in [1.82, 2.24) is 9.47 Å². The van der Waals surface area contributed by atoms with Gasteiger partial charge in [0.2, 0.25) is 0 Å². The topological polar surface area (TPSA) is 51.5 Å². The van der Waals surface area contributed by atoms with Crippen LogP contribution < -0.4 is 4.87 Å². The van der Waals surface area contributed by atoms with Crippen LogP contribution in [0.1, 0.15) is 13.8 Å². The number of rotatable bonds is 7. The summed E-state index contributed by atoms with van der Waals surface area (Å²) in [6.07, 6.45) is -0.422. The highest BCUT2D eigenvalue weighted by atomic mass is 35.5. The number of thiol groups is 2. The summed E-state index contributed by atoms with van der Waals surface area (Å²) in [6, 6.07) is 5.17. The summed E-state index contributed by atoms with van der Waals surface area (Å²) in [5, 5.41) is 0.562. The fourth-order valence-electron chi connectivity index (χ4n) is 2.52. The summed E-state index contributed by atoms with van der Waals surface area (Å²) in [6.45, 7) is 4.20. The van der Waals surface area contributed by atoms with E-state index >= 15 is 0 Å². The average Bonchev–Trinajstić information content (AvgIpc) is 2.89. The van der Waals surface area contributed by atoms with Crippen molar-refractivity contribution in [3.8, 4) is 0 Å².